The van der Waals surface area contributed by atoms with Crippen LogP contribution in [0.4, 0.5) is 13.2 Å². The van der Waals surface area contributed by atoms with Gasteiger partial charge < -0.3 is 15.6 Å². The van der Waals surface area contributed by atoms with Gasteiger partial charge in [-0.1, -0.05) is 35.9 Å². The molecular weight excluding hydrogens is 469 g/mol. The van der Waals surface area contributed by atoms with Gasteiger partial charge in [0.25, 0.3) is 11.8 Å². The molecule has 174 valence electrons. The zero-order valence-electron chi connectivity index (χ0n) is 17.8. The lowest BCUT2D eigenvalue weighted by Crippen LogP contribution is -2.23. The molecule has 4 rings (SSSR count). The monoisotopic (exact) mass is 486 g/mol. The third-order valence-corrected chi connectivity index (χ3v) is 5.49. The molecule has 0 unspecified atom stereocenters. The molecule has 0 atom stereocenters. The number of H-pyrrole nitrogens is 1. The van der Waals surface area contributed by atoms with Gasteiger partial charge >= 0.3 is 6.18 Å². The van der Waals surface area contributed by atoms with E-state index < -0.39 is 17.6 Å². The standard InChI is InChI=1S/C24H18ClF3N4O2/c1-29-23(34)20-10-17-16(6-3-7-19(17)32-20)21-18(25)9-14(12-30-21)22(33)31-11-13-4-2-5-15(8-13)24(26,27)28/h2-10,12,32H,11H2,1H3,(H,29,34)(H,31,33). The van der Waals surface area contributed by atoms with Gasteiger partial charge in [0.15, 0.2) is 0 Å². The number of aromatic nitrogens is 2. The van der Waals surface area contributed by atoms with Crippen molar-refractivity contribution < 1.29 is 22.8 Å². The molecule has 0 aliphatic carbocycles. The minimum atomic E-state index is -4.46. The van der Waals surface area contributed by atoms with Crippen LogP contribution in [0.5, 0.6) is 0 Å². The molecule has 3 N–H and O–H groups in total. The van der Waals surface area contributed by atoms with Crippen molar-refractivity contribution in [2.75, 3.05) is 7.05 Å². The third kappa shape index (κ3) is 4.74. The molecule has 0 radical (unpaired) electrons. The Morgan fingerprint density at radius 2 is 1.82 bits per heavy atom. The number of pyridine rings is 1. The summed E-state index contributed by atoms with van der Waals surface area (Å²) in [5.74, 6) is -0.797. The van der Waals surface area contributed by atoms with Crippen molar-refractivity contribution >= 4 is 34.3 Å². The molecule has 2 aromatic heterocycles. The van der Waals surface area contributed by atoms with Gasteiger partial charge in [-0.25, -0.2) is 0 Å². The summed E-state index contributed by atoms with van der Waals surface area (Å²) in [5, 5.41) is 6.08. The Labute approximate surface area is 197 Å². The van der Waals surface area contributed by atoms with E-state index in [-0.39, 0.29) is 23.0 Å². The number of aromatic amines is 1. The van der Waals surface area contributed by atoms with E-state index in [1.165, 1.54) is 31.4 Å². The highest BCUT2D eigenvalue weighted by atomic mass is 35.5. The van der Waals surface area contributed by atoms with Crippen LogP contribution >= 0.6 is 11.6 Å². The Balaban J connectivity index is 1.55. The van der Waals surface area contributed by atoms with E-state index in [9.17, 15) is 22.8 Å². The average molecular weight is 487 g/mol. The Morgan fingerprint density at radius 3 is 2.53 bits per heavy atom. The predicted molar refractivity (Wildman–Crippen MR) is 123 cm³/mol. The number of halogens is 4. The number of fused-ring (bicyclic) bond motifs is 1. The fourth-order valence-electron chi connectivity index (χ4n) is 3.52. The second-order valence-corrected chi connectivity index (χ2v) is 7.87. The molecule has 0 aliphatic heterocycles. The van der Waals surface area contributed by atoms with Crippen LogP contribution in [0.1, 0.15) is 32.0 Å². The van der Waals surface area contributed by atoms with Crippen molar-refractivity contribution in [2.45, 2.75) is 12.7 Å². The first-order valence-corrected chi connectivity index (χ1v) is 10.5. The second-order valence-electron chi connectivity index (χ2n) is 7.46. The van der Waals surface area contributed by atoms with Gasteiger partial charge in [-0.3, -0.25) is 14.6 Å². The van der Waals surface area contributed by atoms with E-state index in [0.29, 0.717) is 22.5 Å². The van der Waals surface area contributed by atoms with Gasteiger partial charge in [-0.15, -0.1) is 0 Å². The smallest absolute Gasteiger partial charge is 0.354 e. The van der Waals surface area contributed by atoms with E-state index in [0.717, 1.165) is 23.0 Å². The summed E-state index contributed by atoms with van der Waals surface area (Å²) in [6.45, 7) is -0.0902. The molecule has 2 amide bonds. The number of nitrogens with one attached hydrogen (secondary N) is 3. The molecule has 10 heteroatoms. The summed E-state index contributed by atoms with van der Waals surface area (Å²) >= 11 is 6.44. The molecule has 6 nitrogen and oxygen atoms in total. The van der Waals surface area contributed by atoms with Gasteiger partial charge in [0.1, 0.15) is 5.69 Å². The minimum absolute atomic E-state index is 0.0902. The largest absolute Gasteiger partial charge is 0.416 e. The molecular formula is C24H18ClF3N4O2. The van der Waals surface area contributed by atoms with E-state index in [4.69, 9.17) is 11.6 Å². The van der Waals surface area contributed by atoms with Gasteiger partial charge in [-0.05, 0) is 35.9 Å². The maximum absolute atomic E-state index is 12.9. The quantitative estimate of drug-likeness (QED) is 0.363. The van der Waals surface area contributed by atoms with Crippen molar-refractivity contribution in [3.05, 3.63) is 88.2 Å². The number of amides is 2. The van der Waals surface area contributed by atoms with E-state index in [1.54, 1.807) is 18.2 Å². The number of carbonyl (C=O) groups excluding carboxylic acids is 2. The molecule has 2 aromatic carbocycles. The summed E-state index contributed by atoms with van der Waals surface area (Å²) in [5.41, 5.74) is 1.88. The number of rotatable bonds is 5. The molecule has 34 heavy (non-hydrogen) atoms. The van der Waals surface area contributed by atoms with E-state index >= 15 is 0 Å². The highest BCUT2D eigenvalue weighted by Crippen LogP contribution is 2.33. The van der Waals surface area contributed by atoms with Crippen LogP contribution in [0.3, 0.4) is 0 Å². The fourth-order valence-corrected chi connectivity index (χ4v) is 3.79. The normalized spacial score (nSPS) is 11.4. The van der Waals surface area contributed by atoms with Crippen molar-refractivity contribution in [3.63, 3.8) is 0 Å². The van der Waals surface area contributed by atoms with Gasteiger partial charge in [0.2, 0.25) is 0 Å². The minimum Gasteiger partial charge on any atom is -0.354 e. The average Bonchev–Trinajstić information content (AvgIpc) is 3.26. The number of carbonyl (C=O) groups is 2. The van der Waals surface area contributed by atoms with Gasteiger partial charge in [-0.2, -0.15) is 13.2 Å². The van der Waals surface area contributed by atoms with Crippen molar-refractivity contribution in [2.24, 2.45) is 0 Å². The number of benzene rings is 2. The molecule has 0 bridgehead atoms. The first kappa shape index (κ1) is 23.3. The van der Waals surface area contributed by atoms with Crippen molar-refractivity contribution in [1.29, 1.82) is 0 Å². The van der Waals surface area contributed by atoms with Crippen LogP contribution in [-0.2, 0) is 12.7 Å². The van der Waals surface area contributed by atoms with Crippen molar-refractivity contribution in [3.8, 4) is 11.3 Å². The maximum Gasteiger partial charge on any atom is 0.416 e. The molecule has 0 fully saturated rings. The van der Waals surface area contributed by atoms with Crippen molar-refractivity contribution in [1.82, 2.24) is 20.6 Å². The first-order chi connectivity index (χ1) is 16.2. The van der Waals surface area contributed by atoms with Crippen LogP contribution in [0.15, 0.2) is 60.8 Å². The zero-order valence-corrected chi connectivity index (χ0v) is 18.5. The Kier molecular flexibility index (Phi) is 6.30. The number of nitrogens with zero attached hydrogens (tertiary/aromatic N) is 1. The lowest BCUT2D eigenvalue weighted by Gasteiger charge is -2.10. The second kappa shape index (κ2) is 9.18. The number of hydrogen-bond acceptors (Lipinski definition) is 3. The number of alkyl halides is 3. The summed E-state index contributed by atoms with van der Waals surface area (Å²) in [6, 6.07) is 13.3. The zero-order chi connectivity index (χ0) is 24.5. The van der Waals surface area contributed by atoms with Gasteiger partial charge in [0.05, 0.1) is 21.8 Å². The molecule has 0 spiro atoms. The van der Waals surface area contributed by atoms with E-state index in [1.807, 2.05) is 6.07 Å². The van der Waals surface area contributed by atoms with Crippen LogP contribution in [0.25, 0.3) is 22.2 Å². The number of hydrogen-bond donors (Lipinski definition) is 3. The van der Waals surface area contributed by atoms with Crippen LogP contribution < -0.4 is 10.6 Å². The van der Waals surface area contributed by atoms with Gasteiger partial charge in [0, 0.05) is 36.3 Å². The highest BCUT2D eigenvalue weighted by molar-refractivity contribution is 6.33. The predicted octanol–water partition coefficient (Wildman–Crippen LogP) is 5.19. The maximum atomic E-state index is 12.9. The molecule has 4 aromatic rings. The summed E-state index contributed by atoms with van der Waals surface area (Å²) in [4.78, 5) is 31.9. The fraction of sp³-hybridized carbons (Fsp3) is 0.125. The highest BCUT2D eigenvalue weighted by Gasteiger charge is 2.30. The summed E-state index contributed by atoms with van der Waals surface area (Å²) in [7, 11) is 1.53. The lowest BCUT2D eigenvalue weighted by molar-refractivity contribution is -0.137. The molecule has 2 heterocycles. The Morgan fingerprint density at radius 1 is 1.06 bits per heavy atom. The summed E-state index contributed by atoms with van der Waals surface area (Å²) in [6.07, 6.45) is -3.12. The summed E-state index contributed by atoms with van der Waals surface area (Å²) < 4.78 is 38.6. The topological polar surface area (TPSA) is 86.9 Å². The van der Waals surface area contributed by atoms with Crippen LogP contribution in [-0.4, -0.2) is 28.8 Å². The first-order valence-electron chi connectivity index (χ1n) is 10.1. The van der Waals surface area contributed by atoms with E-state index in [2.05, 4.69) is 20.6 Å². The SMILES string of the molecule is CNC(=O)c1cc2c(-c3ncc(C(=O)NCc4cccc(C(F)(F)F)c4)cc3Cl)cccc2[nH]1. The molecule has 0 aliphatic rings. The Bertz CT molecular complexity index is 1400. The third-order valence-electron chi connectivity index (χ3n) is 5.20. The lowest BCUT2D eigenvalue weighted by atomic mass is 10.1. The molecule has 0 saturated carbocycles. The van der Waals surface area contributed by atoms with Crippen LogP contribution in [0, 0.1) is 0 Å². The Hall–Kier alpha value is -3.85. The molecule has 0 saturated heterocycles. The van der Waals surface area contributed by atoms with Crippen LogP contribution in [0.2, 0.25) is 5.02 Å².